The predicted molar refractivity (Wildman–Crippen MR) is 66.4 cm³/mol. The normalized spacial score (nSPS) is 10.7. The zero-order valence-electron chi connectivity index (χ0n) is 10.6. The Hall–Kier alpha value is -1.91. The number of benzene rings is 1. The fraction of sp³-hybridized carbons (Fsp3) is 0.308. The summed E-state index contributed by atoms with van der Waals surface area (Å²) in [6, 6.07) is 3.36. The molecule has 0 radical (unpaired) electrons. The summed E-state index contributed by atoms with van der Waals surface area (Å²) in [6.07, 6.45) is 0. The van der Waals surface area contributed by atoms with Gasteiger partial charge in [-0.25, -0.2) is 8.78 Å². The lowest BCUT2D eigenvalue weighted by molar-refractivity contribution is 0.602. The van der Waals surface area contributed by atoms with E-state index in [9.17, 15) is 8.78 Å². The number of aromatic nitrogens is 2. The number of rotatable bonds is 3. The molecule has 1 N–H and O–H groups in total. The van der Waals surface area contributed by atoms with Gasteiger partial charge >= 0.3 is 0 Å². The molecular formula is C13H15F2N3. The SMILES string of the molecule is Cc1nn(C)c(C)c1CNc1cc(F)ccc1F. The number of anilines is 1. The van der Waals surface area contributed by atoms with Gasteiger partial charge in [0.05, 0.1) is 11.4 Å². The number of nitrogens with one attached hydrogen (secondary N) is 1. The van der Waals surface area contributed by atoms with Gasteiger partial charge in [0, 0.05) is 24.8 Å². The van der Waals surface area contributed by atoms with Gasteiger partial charge < -0.3 is 5.32 Å². The van der Waals surface area contributed by atoms with Crippen molar-refractivity contribution in [2.24, 2.45) is 7.05 Å². The molecule has 0 bridgehead atoms. The van der Waals surface area contributed by atoms with Gasteiger partial charge in [0.2, 0.25) is 0 Å². The highest BCUT2D eigenvalue weighted by atomic mass is 19.1. The summed E-state index contributed by atoms with van der Waals surface area (Å²) in [5, 5.41) is 7.17. The highest BCUT2D eigenvalue weighted by Gasteiger charge is 2.10. The van der Waals surface area contributed by atoms with Crippen molar-refractivity contribution >= 4 is 5.69 Å². The van der Waals surface area contributed by atoms with Crippen molar-refractivity contribution in [1.29, 1.82) is 0 Å². The van der Waals surface area contributed by atoms with E-state index < -0.39 is 11.6 Å². The first kappa shape index (κ1) is 12.5. The molecule has 0 atom stereocenters. The monoisotopic (exact) mass is 251 g/mol. The summed E-state index contributed by atoms with van der Waals surface area (Å²) in [4.78, 5) is 0. The molecule has 2 rings (SSSR count). The second-order valence-electron chi connectivity index (χ2n) is 4.25. The van der Waals surface area contributed by atoms with E-state index in [2.05, 4.69) is 10.4 Å². The van der Waals surface area contributed by atoms with Crippen LogP contribution in [0, 0.1) is 25.5 Å². The van der Waals surface area contributed by atoms with Crippen molar-refractivity contribution in [2.45, 2.75) is 20.4 Å². The largest absolute Gasteiger partial charge is 0.378 e. The summed E-state index contributed by atoms with van der Waals surface area (Å²) in [5.74, 6) is -0.922. The minimum absolute atomic E-state index is 0.164. The Morgan fingerprint density at radius 2 is 2.00 bits per heavy atom. The van der Waals surface area contributed by atoms with Crippen LogP contribution in [0.15, 0.2) is 18.2 Å². The van der Waals surface area contributed by atoms with E-state index in [1.54, 1.807) is 4.68 Å². The molecule has 1 aromatic heterocycles. The molecule has 0 aliphatic rings. The minimum Gasteiger partial charge on any atom is -0.378 e. The highest BCUT2D eigenvalue weighted by molar-refractivity contribution is 5.46. The van der Waals surface area contributed by atoms with Gasteiger partial charge in [-0.15, -0.1) is 0 Å². The Morgan fingerprint density at radius 3 is 2.61 bits per heavy atom. The number of nitrogens with zero attached hydrogens (tertiary/aromatic N) is 2. The Bertz CT molecular complexity index is 576. The lowest BCUT2D eigenvalue weighted by Crippen LogP contribution is -2.04. The van der Waals surface area contributed by atoms with Crippen molar-refractivity contribution in [1.82, 2.24) is 9.78 Å². The topological polar surface area (TPSA) is 29.9 Å². The quantitative estimate of drug-likeness (QED) is 0.909. The van der Waals surface area contributed by atoms with E-state index in [0.717, 1.165) is 35.2 Å². The standard InChI is InChI=1S/C13H15F2N3/c1-8-11(9(2)18(3)17-8)7-16-13-6-10(14)4-5-12(13)15/h4-6,16H,7H2,1-3H3. The van der Waals surface area contributed by atoms with Crippen molar-refractivity contribution < 1.29 is 8.78 Å². The van der Waals surface area contributed by atoms with Gasteiger partial charge in [-0.2, -0.15) is 5.10 Å². The van der Waals surface area contributed by atoms with Gasteiger partial charge in [-0.1, -0.05) is 0 Å². The second-order valence-corrected chi connectivity index (χ2v) is 4.25. The molecule has 5 heteroatoms. The highest BCUT2D eigenvalue weighted by Crippen LogP contribution is 2.18. The van der Waals surface area contributed by atoms with Crippen LogP contribution in [0.5, 0.6) is 0 Å². The maximum absolute atomic E-state index is 13.4. The lowest BCUT2D eigenvalue weighted by Gasteiger charge is -2.08. The van der Waals surface area contributed by atoms with E-state index in [0.29, 0.717) is 6.54 Å². The van der Waals surface area contributed by atoms with Crippen LogP contribution in [-0.2, 0) is 13.6 Å². The van der Waals surface area contributed by atoms with Gasteiger partial charge in [0.15, 0.2) is 0 Å². The molecule has 0 fully saturated rings. The molecule has 3 nitrogen and oxygen atoms in total. The average Bonchev–Trinajstić information content (AvgIpc) is 2.55. The van der Waals surface area contributed by atoms with Gasteiger partial charge in [-0.05, 0) is 32.0 Å². The van der Waals surface area contributed by atoms with Crippen LogP contribution in [0.2, 0.25) is 0 Å². The van der Waals surface area contributed by atoms with Crippen molar-refractivity contribution in [3.63, 3.8) is 0 Å². The van der Waals surface area contributed by atoms with E-state index >= 15 is 0 Å². The lowest BCUT2D eigenvalue weighted by atomic mass is 10.2. The first-order chi connectivity index (χ1) is 8.49. The van der Waals surface area contributed by atoms with Crippen LogP contribution >= 0.6 is 0 Å². The second kappa shape index (κ2) is 4.76. The molecule has 2 aromatic rings. The average molecular weight is 251 g/mol. The van der Waals surface area contributed by atoms with E-state index in [1.165, 1.54) is 0 Å². The number of hydrogen-bond acceptors (Lipinski definition) is 2. The van der Waals surface area contributed by atoms with Crippen LogP contribution in [0.3, 0.4) is 0 Å². The molecule has 1 heterocycles. The van der Waals surface area contributed by atoms with Crippen molar-refractivity contribution in [3.8, 4) is 0 Å². The third kappa shape index (κ3) is 2.34. The number of aryl methyl sites for hydroxylation is 2. The van der Waals surface area contributed by atoms with E-state index in [-0.39, 0.29) is 5.69 Å². The third-order valence-corrected chi connectivity index (χ3v) is 3.04. The maximum Gasteiger partial charge on any atom is 0.146 e. The number of hydrogen-bond donors (Lipinski definition) is 1. The summed E-state index contributed by atoms with van der Waals surface area (Å²) >= 11 is 0. The smallest absolute Gasteiger partial charge is 0.146 e. The zero-order valence-corrected chi connectivity index (χ0v) is 10.6. The molecule has 0 amide bonds. The summed E-state index contributed by atoms with van der Waals surface area (Å²) in [5.41, 5.74) is 3.06. The Labute approximate surface area is 104 Å². The fourth-order valence-corrected chi connectivity index (χ4v) is 1.89. The van der Waals surface area contributed by atoms with Crippen molar-refractivity contribution in [3.05, 3.63) is 46.8 Å². The molecule has 0 aliphatic heterocycles. The van der Waals surface area contributed by atoms with E-state index in [4.69, 9.17) is 0 Å². The van der Waals surface area contributed by atoms with Crippen LogP contribution < -0.4 is 5.32 Å². The first-order valence-corrected chi connectivity index (χ1v) is 5.67. The van der Waals surface area contributed by atoms with Gasteiger partial charge in [0.25, 0.3) is 0 Å². The molecule has 1 aromatic carbocycles. The molecule has 96 valence electrons. The van der Waals surface area contributed by atoms with Crippen LogP contribution in [0.1, 0.15) is 17.0 Å². The summed E-state index contributed by atoms with van der Waals surface area (Å²) in [7, 11) is 1.86. The maximum atomic E-state index is 13.4. The van der Waals surface area contributed by atoms with Crippen LogP contribution in [0.25, 0.3) is 0 Å². The Kier molecular flexibility index (Phi) is 3.32. The number of halogens is 2. The molecular weight excluding hydrogens is 236 g/mol. The Balaban J connectivity index is 2.19. The third-order valence-electron chi connectivity index (χ3n) is 3.04. The first-order valence-electron chi connectivity index (χ1n) is 5.67. The molecule has 18 heavy (non-hydrogen) atoms. The predicted octanol–water partition coefficient (Wildman–Crippen LogP) is 2.93. The van der Waals surface area contributed by atoms with Crippen LogP contribution in [-0.4, -0.2) is 9.78 Å². The molecule has 0 unspecified atom stereocenters. The molecule has 0 saturated heterocycles. The fourth-order valence-electron chi connectivity index (χ4n) is 1.89. The van der Waals surface area contributed by atoms with Gasteiger partial charge in [-0.3, -0.25) is 4.68 Å². The minimum atomic E-state index is -0.462. The van der Waals surface area contributed by atoms with E-state index in [1.807, 2.05) is 20.9 Å². The Morgan fingerprint density at radius 1 is 1.28 bits per heavy atom. The van der Waals surface area contributed by atoms with Gasteiger partial charge in [0.1, 0.15) is 11.6 Å². The summed E-state index contributed by atoms with van der Waals surface area (Å²) in [6.45, 7) is 4.26. The summed E-state index contributed by atoms with van der Waals surface area (Å²) < 4.78 is 28.2. The molecule has 0 spiro atoms. The van der Waals surface area contributed by atoms with Crippen LogP contribution in [0.4, 0.5) is 14.5 Å². The molecule has 0 aliphatic carbocycles. The van der Waals surface area contributed by atoms with Crippen molar-refractivity contribution in [2.75, 3.05) is 5.32 Å². The zero-order chi connectivity index (χ0) is 13.3. The molecule has 0 saturated carbocycles.